The van der Waals surface area contributed by atoms with Gasteiger partial charge in [-0.2, -0.15) is 0 Å². The highest BCUT2D eigenvalue weighted by molar-refractivity contribution is 9.10. The van der Waals surface area contributed by atoms with Crippen molar-refractivity contribution in [1.29, 1.82) is 0 Å². The van der Waals surface area contributed by atoms with E-state index in [1.54, 1.807) is 0 Å². The highest BCUT2D eigenvalue weighted by atomic mass is 79.9. The molecule has 1 atom stereocenters. The Labute approximate surface area is 123 Å². The van der Waals surface area contributed by atoms with E-state index in [2.05, 4.69) is 22.9 Å². The number of hydrogen-bond donors (Lipinski definition) is 1. The number of carbonyl (C=O) groups is 1. The summed E-state index contributed by atoms with van der Waals surface area (Å²) in [6.45, 7) is 3.14. The average Bonchev–Trinajstić information content (AvgIpc) is 2.42. The number of ether oxygens (including phenoxy) is 1. The van der Waals surface area contributed by atoms with Crippen LogP contribution in [0.1, 0.15) is 38.2 Å². The Bertz CT molecular complexity index is 395. The predicted molar refractivity (Wildman–Crippen MR) is 80.6 cm³/mol. The molecular formula is C15H22BrNO2. The normalized spacial score (nSPS) is 12.2. The van der Waals surface area contributed by atoms with Gasteiger partial charge in [0.25, 0.3) is 0 Å². The van der Waals surface area contributed by atoms with Gasteiger partial charge in [-0.05, 0) is 31.4 Å². The number of nitrogens with two attached hydrogens (primary N) is 1. The Morgan fingerprint density at radius 3 is 2.74 bits per heavy atom. The lowest BCUT2D eigenvalue weighted by atomic mass is 9.97. The fourth-order valence-corrected chi connectivity index (χ4v) is 2.36. The van der Waals surface area contributed by atoms with Crippen molar-refractivity contribution in [2.75, 3.05) is 6.54 Å². The summed E-state index contributed by atoms with van der Waals surface area (Å²) < 4.78 is 6.25. The van der Waals surface area contributed by atoms with E-state index in [4.69, 9.17) is 10.5 Å². The second-order valence-electron chi connectivity index (χ2n) is 4.64. The molecule has 1 aromatic carbocycles. The third-order valence-electron chi connectivity index (χ3n) is 3.26. The van der Waals surface area contributed by atoms with Crippen molar-refractivity contribution in [3.63, 3.8) is 0 Å². The van der Waals surface area contributed by atoms with E-state index in [9.17, 15) is 4.79 Å². The summed E-state index contributed by atoms with van der Waals surface area (Å²) in [6, 6.07) is 7.76. The van der Waals surface area contributed by atoms with Gasteiger partial charge in [0.05, 0.1) is 0 Å². The molecule has 19 heavy (non-hydrogen) atoms. The lowest BCUT2D eigenvalue weighted by Crippen LogP contribution is -2.11. The first-order valence-electron chi connectivity index (χ1n) is 6.76. The number of esters is 1. The summed E-state index contributed by atoms with van der Waals surface area (Å²) in [6.07, 6.45) is 3.38. The molecule has 0 fully saturated rings. The molecule has 0 bridgehead atoms. The number of carbonyl (C=O) groups excluding carboxylic acids is 1. The third kappa shape index (κ3) is 6.21. The molecule has 2 N–H and O–H groups in total. The Morgan fingerprint density at radius 1 is 1.37 bits per heavy atom. The lowest BCUT2D eigenvalue weighted by Gasteiger charge is -2.13. The molecule has 1 unspecified atom stereocenters. The topological polar surface area (TPSA) is 52.3 Å². The van der Waals surface area contributed by atoms with Crippen molar-refractivity contribution in [2.24, 2.45) is 11.7 Å². The summed E-state index contributed by atoms with van der Waals surface area (Å²) in [7, 11) is 0. The second kappa shape index (κ2) is 9.10. The maximum absolute atomic E-state index is 11.7. The first-order chi connectivity index (χ1) is 9.17. The van der Waals surface area contributed by atoms with E-state index in [1.165, 1.54) is 0 Å². The molecule has 106 valence electrons. The van der Waals surface area contributed by atoms with Crippen LogP contribution in [0.15, 0.2) is 28.7 Å². The van der Waals surface area contributed by atoms with Gasteiger partial charge in [-0.25, -0.2) is 0 Å². The van der Waals surface area contributed by atoms with Crippen LogP contribution < -0.4 is 5.73 Å². The summed E-state index contributed by atoms with van der Waals surface area (Å²) in [4.78, 5) is 11.7. The van der Waals surface area contributed by atoms with Crippen LogP contribution in [-0.2, 0) is 16.1 Å². The van der Waals surface area contributed by atoms with Crippen LogP contribution in [0.25, 0.3) is 0 Å². The molecule has 4 heteroatoms. The number of halogens is 1. The van der Waals surface area contributed by atoms with Crippen molar-refractivity contribution < 1.29 is 9.53 Å². The Kier molecular flexibility index (Phi) is 7.75. The molecule has 1 aromatic rings. The van der Waals surface area contributed by atoms with Crippen LogP contribution in [0.3, 0.4) is 0 Å². The largest absolute Gasteiger partial charge is 0.461 e. The van der Waals surface area contributed by atoms with Gasteiger partial charge in [-0.3, -0.25) is 4.79 Å². The zero-order chi connectivity index (χ0) is 14.1. The first kappa shape index (κ1) is 16.2. The smallest absolute Gasteiger partial charge is 0.306 e. The van der Waals surface area contributed by atoms with Gasteiger partial charge in [-0.1, -0.05) is 47.5 Å². The van der Waals surface area contributed by atoms with Crippen LogP contribution in [0.2, 0.25) is 0 Å². The molecule has 0 saturated carbocycles. The van der Waals surface area contributed by atoms with Gasteiger partial charge in [0.1, 0.15) is 6.61 Å². The van der Waals surface area contributed by atoms with Gasteiger partial charge in [0.2, 0.25) is 0 Å². The first-order valence-corrected chi connectivity index (χ1v) is 7.55. The molecule has 0 saturated heterocycles. The predicted octanol–water partition coefficient (Wildman–Crippen LogP) is 3.65. The fourth-order valence-electron chi connectivity index (χ4n) is 1.96. The van der Waals surface area contributed by atoms with E-state index in [-0.39, 0.29) is 5.97 Å². The second-order valence-corrected chi connectivity index (χ2v) is 5.50. The van der Waals surface area contributed by atoms with Gasteiger partial charge in [0.15, 0.2) is 0 Å². The number of hydrogen-bond acceptors (Lipinski definition) is 3. The minimum absolute atomic E-state index is 0.133. The summed E-state index contributed by atoms with van der Waals surface area (Å²) >= 11 is 3.44. The van der Waals surface area contributed by atoms with Gasteiger partial charge >= 0.3 is 5.97 Å². The fraction of sp³-hybridized carbons (Fsp3) is 0.533. The minimum atomic E-state index is -0.133. The average molecular weight is 328 g/mol. The Balaban J connectivity index is 2.30. The van der Waals surface area contributed by atoms with Gasteiger partial charge in [0, 0.05) is 16.5 Å². The third-order valence-corrected chi connectivity index (χ3v) is 4.03. The van der Waals surface area contributed by atoms with E-state index in [0.717, 1.165) is 29.3 Å². The molecule has 0 heterocycles. The maximum Gasteiger partial charge on any atom is 0.306 e. The van der Waals surface area contributed by atoms with Crippen molar-refractivity contribution in [3.8, 4) is 0 Å². The van der Waals surface area contributed by atoms with Crippen LogP contribution in [0, 0.1) is 5.92 Å². The van der Waals surface area contributed by atoms with Crippen LogP contribution in [0.5, 0.6) is 0 Å². The maximum atomic E-state index is 11.7. The zero-order valence-corrected chi connectivity index (χ0v) is 13.0. The number of benzene rings is 1. The quantitative estimate of drug-likeness (QED) is 0.741. The Morgan fingerprint density at radius 2 is 2.11 bits per heavy atom. The van der Waals surface area contributed by atoms with E-state index < -0.39 is 0 Å². The van der Waals surface area contributed by atoms with Crippen LogP contribution in [-0.4, -0.2) is 12.5 Å². The standard InChI is InChI=1S/C15H22BrNO2/c1-2-12(9-10-17)7-8-15(18)19-11-13-5-3-4-6-14(13)16/h3-6,12H,2,7-11,17H2,1H3. The van der Waals surface area contributed by atoms with Gasteiger partial charge < -0.3 is 10.5 Å². The molecule has 0 aliphatic heterocycles. The van der Waals surface area contributed by atoms with E-state index in [0.29, 0.717) is 25.5 Å². The molecular weight excluding hydrogens is 306 g/mol. The molecule has 0 radical (unpaired) electrons. The van der Waals surface area contributed by atoms with E-state index >= 15 is 0 Å². The molecule has 0 amide bonds. The van der Waals surface area contributed by atoms with Crippen molar-refractivity contribution in [1.82, 2.24) is 0 Å². The minimum Gasteiger partial charge on any atom is -0.461 e. The summed E-state index contributed by atoms with van der Waals surface area (Å²) in [5, 5.41) is 0. The number of rotatable bonds is 8. The molecule has 0 aliphatic rings. The monoisotopic (exact) mass is 327 g/mol. The molecule has 0 aromatic heterocycles. The highest BCUT2D eigenvalue weighted by Crippen LogP contribution is 2.18. The lowest BCUT2D eigenvalue weighted by molar-refractivity contribution is -0.145. The molecule has 0 aliphatic carbocycles. The van der Waals surface area contributed by atoms with Crippen molar-refractivity contribution in [2.45, 2.75) is 39.2 Å². The van der Waals surface area contributed by atoms with Crippen molar-refractivity contribution >= 4 is 21.9 Å². The van der Waals surface area contributed by atoms with E-state index in [1.807, 2.05) is 24.3 Å². The van der Waals surface area contributed by atoms with Crippen molar-refractivity contribution in [3.05, 3.63) is 34.3 Å². The van der Waals surface area contributed by atoms with Crippen LogP contribution >= 0.6 is 15.9 Å². The molecule has 0 spiro atoms. The molecule has 3 nitrogen and oxygen atoms in total. The highest BCUT2D eigenvalue weighted by Gasteiger charge is 2.10. The summed E-state index contributed by atoms with van der Waals surface area (Å²) in [5.41, 5.74) is 6.53. The summed E-state index contributed by atoms with van der Waals surface area (Å²) in [5.74, 6) is 0.396. The van der Waals surface area contributed by atoms with Gasteiger partial charge in [-0.15, -0.1) is 0 Å². The zero-order valence-electron chi connectivity index (χ0n) is 11.4. The molecule has 1 rings (SSSR count). The Hall–Kier alpha value is -0.870. The van der Waals surface area contributed by atoms with Crippen LogP contribution in [0.4, 0.5) is 0 Å². The SMILES string of the molecule is CCC(CCN)CCC(=O)OCc1ccccc1Br.